The number of aromatic amines is 1. The Kier molecular flexibility index (Phi) is 17.8. The van der Waals surface area contributed by atoms with Crippen molar-refractivity contribution in [1.29, 1.82) is 5.26 Å². The van der Waals surface area contributed by atoms with Crippen molar-refractivity contribution in [2.24, 2.45) is 11.3 Å². The molecule has 4 N–H and O–H groups in total. The van der Waals surface area contributed by atoms with Gasteiger partial charge in [0.2, 0.25) is 23.6 Å². The van der Waals surface area contributed by atoms with E-state index in [-0.39, 0.29) is 91.6 Å². The van der Waals surface area contributed by atoms with Gasteiger partial charge in [0, 0.05) is 61.0 Å². The van der Waals surface area contributed by atoms with Gasteiger partial charge in [0.25, 0.3) is 0 Å². The number of nitrogens with zero attached hydrogens (tertiary/aromatic N) is 9. The molecule has 19 nitrogen and oxygen atoms in total. The Labute approximate surface area is 473 Å². The number of amides is 4. The number of aliphatic hydroxyl groups is 1. The molecule has 5 atom stereocenters. The van der Waals surface area contributed by atoms with Crippen molar-refractivity contribution in [3.8, 4) is 33.6 Å². The molecular formula is C58H68ClFN12O7S. The molecule has 80 heavy (non-hydrogen) atoms. The molecule has 0 spiro atoms. The van der Waals surface area contributed by atoms with E-state index in [4.69, 9.17) is 26.1 Å². The number of likely N-dealkylation sites (tertiary alicyclic amines) is 2. The number of β-amino-alcohol motifs (C(OH)–C–C–N with tert-alkyl or cyclic N) is 1. The summed E-state index contributed by atoms with van der Waals surface area (Å²) in [6.45, 7) is 17.9. The van der Waals surface area contributed by atoms with E-state index < -0.39 is 47.3 Å². The van der Waals surface area contributed by atoms with Crippen LogP contribution in [0.25, 0.3) is 43.4 Å². The van der Waals surface area contributed by atoms with Crippen LogP contribution in [0.3, 0.4) is 0 Å². The van der Waals surface area contributed by atoms with E-state index in [1.807, 2.05) is 88.4 Å². The highest BCUT2D eigenvalue weighted by Gasteiger charge is 2.45. The first kappa shape index (κ1) is 57.6. The Hall–Kier alpha value is -7.09. The number of carbonyl (C=O) groups excluding carboxylic acids is 4. The van der Waals surface area contributed by atoms with Gasteiger partial charge in [-0.25, -0.2) is 9.37 Å². The van der Waals surface area contributed by atoms with Crippen molar-refractivity contribution >= 4 is 74.2 Å². The van der Waals surface area contributed by atoms with Gasteiger partial charge in [0.15, 0.2) is 5.82 Å². The van der Waals surface area contributed by atoms with E-state index in [0.29, 0.717) is 41.9 Å². The molecule has 0 aliphatic carbocycles. The number of aromatic nitrogens is 5. The van der Waals surface area contributed by atoms with Gasteiger partial charge in [-0.2, -0.15) is 20.3 Å². The van der Waals surface area contributed by atoms with E-state index in [9.17, 15) is 29.5 Å². The predicted octanol–water partition coefficient (Wildman–Crippen LogP) is 7.30. The zero-order chi connectivity index (χ0) is 57.0. The number of carbonyl (C=O) groups is 4. The maximum Gasteiger partial charge on any atom is 0.319 e. The SMILES string of the molecule is C=CC(=O)N1CCN(c2nc(OCCN3CCC(COCC(=O)N[C@H](C(=O)N4C[C@H](O)C[C@H]4C(=O)N[C@@H](C)c4ccc(-c5scnc5C)cc4)C(C)(C)C)CC3)nc3c(F)c(-c4c(C)ccc5[nH]ncc45)c(Cl)cc23)C[C@@H]1CC#N. The van der Waals surface area contributed by atoms with E-state index in [0.717, 1.165) is 58.7 Å². The van der Waals surface area contributed by atoms with Gasteiger partial charge in [-0.05, 0) is 92.9 Å². The molecule has 0 unspecified atom stereocenters. The van der Waals surface area contributed by atoms with Gasteiger partial charge in [-0.15, -0.1) is 11.3 Å². The van der Waals surface area contributed by atoms with Crippen molar-refractivity contribution in [2.75, 3.05) is 70.5 Å². The molecule has 3 aromatic carbocycles. The van der Waals surface area contributed by atoms with E-state index in [2.05, 4.69) is 48.3 Å². The van der Waals surface area contributed by atoms with Crippen LogP contribution in [0.5, 0.6) is 6.01 Å². The number of hydrogen-bond donors (Lipinski definition) is 4. The second-order valence-electron chi connectivity index (χ2n) is 22.1. The molecular weight excluding hydrogens is 1060 g/mol. The fourth-order valence-corrected chi connectivity index (χ4v) is 12.2. The monoisotopic (exact) mass is 1130 g/mol. The van der Waals surface area contributed by atoms with Crippen molar-refractivity contribution < 1.29 is 38.1 Å². The topological polar surface area (TPSA) is 235 Å². The molecule has 3 saturated heterocycles. The third kappa shape index (κ3) is 12.6. The minimum absolute atomic E-state index is 0.00689. The number of thiazole rings is 1. The fraction of sp³-hybridized carbons (Fsp3) is 0.466. The number of anilines is 1. The first-order valence-corrected chi connectivity index (χ1v) is 28.3. The number of aryl methyl sites for hydroxylation is 2. The number of benzene rings is 3. The Balaban J connectivity index is 0.790. The molecule has 0 bridgehead atoms. The maximum absolute atomic E-state index is 17.2. The first-order chi connectivity index (χ1) is 38.3. The standard InChI is InChI=1S/C58H68ClFN12O7S/c1-8-47(75)71-22-21-70(28-39(71)15-18-61)54-41-26-43(59)49(48-33(2)9-14-44-42(48)27-63-68-44)50(60)51(41)66-57(67-54)79-24-23-69-19-16-36(17-20-69)30-78-31-46(74)65-53(58(5,6)7)56(77)72-29-40(73)25-45(72)55(76)64-34(3)37-10-12-38(13-11-37)52-35(4)62-32-80-52/h8-14,26-27,32,34,36,39-40,45,53,73H,1,15-17,19-25,28-31H2,2-7H3,(H,63,68)(H,64,76)(H,65,74)/t34-,39-,40+,45-,53+/m0/s1. The molecule has 3 aliphatic heterocycles. The summed E-state index contributed by atoms with van der Waals surface area (Å²) in [4.78, 5) is 76.3. The zero-order valence-corrected chi connectivity index (χ0v) is 47.5. The average Bonchev–Trinajstić information content (AvgIpc) is 4.27. The van der Waals surface area contributed by atoms with Crippen LogP contribution in [0.4, 0.5) is 10.2 Å². The number of halogens is 2. The third-order valence-electron chi connectivity index (χ3n) is 15.5. The number of hydrogen-bond acceptors (Lipinski definition) is 15. The van der Waals surface area contributed by atoms with Crippen LogP contribution in [-0.4, -0.2) is 158 Å². The number of piperidine rings is 1. The van der Waals surface area contributed by atoms with Crippen molar-refractivity contribution in [3.05, 3.63) is 94.5 Å². The number of rotatable bonds is 18. The van der Waals surface area contributed by atoms with Gasteiger partial charge in [-0.3, -0.25) is 29.2 Å². The van der Waals surface area contributed by atoms with Gasteiger partial charge >= 0.3 is 6.01 Å². The highest BCUT2D eigenvalue weighted by atomic mass is 35.5. The second-order valence-corrected chi connectivity index (χ2v) is 23.4. The lowest BCUT2D eigenvalue weighted by atomic mass is 9.85. The summed E-state index contributed by atoms with van der Waals surface area (Å²) < 4.78 is 29.4. The van der Waals surface area contributed by atoms with E-state index in [1.165, 1.54) is 11.0 Å². The molecule has 3 aromatic heterocycles. The van der Waals surface area contributed by atoms with E-state index >= 15 is 4.39 Å². The van der Waals surface area contributed by atoms with Crippen molar-refractivity contribution in [2.45, 2.75) is 97.5 Å². The lowest BCUT2D eigenvalue weighted by Crippen LogP contribution is -2.58. The van der Waals surface area contributed by atoms with Crippen LogP contribution < -0.4 is 20.3 Å². The summed E-state index contributed by atoms with van der Waals surface area (Å²) in [6, 6.07) is 12.7. The first-order valence-electron chi connectivity index (χ1n) is 27.0. The van der Waals surface area contributed by atoms with Gasteiger partial charge < -0.3 is 39.9 Å². The van der Waals surface area contributed by atoms with Gasteiger partial charge in [-0.1, -0.05) is 69.3 Å². The fourth-order valence-electron chi connectivity index (χ4n) is 11.1. The molecule has 3 fully saturated rings. The minimum Gasteiger partial charge on any atom is -0.462 e. The Morgan fingerprint density at radius 3 is 2.49 bits per heavy atom. The number of nitriles is 1. The summed E-state index contributed by atoms with van der Waals surface area (Å²) in [5, 5.41) is 34.7. The molecule has 6 aromatic rings. The lowest BCUT2D eigenvalue weighted by Gasteiger charge is -2.41. The largest absolute Gasteiger partial charge is 0.462 e. The molecule has 0 radical (unpaired) electrons. The maximum atomic E-state index is 17.2. The summed E-state index contributed by atoms with van der Waals surface area (Å²) in [7, 11) is 0. The van der Waals surface area contributed by atoms with Gasteiger partial charge in [0.05, 0.1) is 70.1 Å². The minimum atomic E-state index is -0.995. The van der Waals surface area contributed by atoms with Crippen molar-refractivity contribution in [1.82, 2.24) is 50.5 Å². The summed E-state index contributed by atoms with van der Waals surface area (Å²) >= 11 is 8.55. The zero-order valence-electron chi connectivity index (χ0n) is 45.9. The highest BCUT2D eigenvalue weighted by molar-refractivity contribution is 7.13. The molecule has 6 heterocycles. The third-order valence-corrected chi connectivity index (χ3v) is 16.8. The summed E-state index contributed by atoms with van der Waals surface area (Å²) in [5.74, 6) is -1.70. The number of piperazine rings is 1. The molecule has 422 valence electrons. The molecule has 0 saturated carbocycles. The van der Waals surface area contributed by atoms with Crippen LogP contribution in [0.2, 0.25) is 5.02 Å². The van der Waals surface area contributed by atoms with E-state index in [1.54, 1.807) is 28.5 Å². The average molecular weight is 1130 g/mol. The van der Waals surface area contributed by atoms with Crippen LogP contribution in [-0.2, 0) is 23.9 Å². The van der Waals surface area contributed by atoms with Crippen LogP contribution >= 0.6 is 22.9 Å². The van der Waals surface area contributed by atoms with Crippen LogP contribution in [0.15, 0.2) is 66.8 Å². The summed E-state index contributed by atoms with van der Waals surface area (Å²) in [5.41, 5.74) is 6.21. The predicted molar refractivity (Wildman–Crippen MR) is 304 cm³/mol. The van der Waals surface area contributed by atoms with Gasteiger partial charge in [0.1, 0.15) is 36.6 Å². The second kappa shape index (κ2) is 24.7. The number of nitrogens with one attached hydrogen (secondary N) is 3. The smallest absolute Gasteiger partial charge is 0.319 e. The van der Waals surface area contributed by atoms with Crippen LogP contribution in [0, 0.1) is 42.3 Å². The molecule has 4 amide bonds. The number of H-pyrrole nitrogens is 1. The number of fused-ring (bicyclic) bond motifs is 2. The molecule has 3 aliphatic rings. The molecule has 22 heteroatoms. The Morgan fingerprint density at radius 1 is 1.02 bits per heavy atom. The number of aliphatic hydroxyl groups excluding tert-OH is 1. The Morgan fingerprint density at radius 2 is 1.79 bits per heavy atom. The summed E-state index contributed by atoms with van der Waals surface area (Å²) in [6.07, 6.45) is 3.69. The van der Waals surface area contributed by atoms with Crippen LogP contribution in [0.1, 0.15) is 76.2 Å². The Bertz CT molecular complexity index is 3320. The number of ether oxygens (including phenoxy) is 2. The lowest BCUT2D eigenvalue weighted by molar-refractivity contribution is -0.144. The normalized spacial score (nSPS) is 19.0. The highest BCUT2D eigenvalue weighted by Crippen LogP contribution is 2.43. The quantitative estimate of drug-likeness (QED) is 0.0619. The molecule has 9 rings (SSSR count). The van der Waals surface area contributed by atoms with Crippen molar-refractivity contribution in [3.63, 3.8) is 0 Å².